The molecule has 0 radical (unpaired) electrons. The molecule has 0 spiro atoms. The Bertz CT molecular complexity index is 1110. The van der Waals surface area contributed by atoms with E-state index in [4.69, 9.17) is 4.74 Å². The first-order chi connectivity index (χ1) is 13.7. The van der Waals surface area contributed by atoms with Crippen LogP contribution in [0.3, 0.4) is 0 Å². The second-order valence-electron chi connectivity index (χ2n) is 6.39. The smallest absolute Gasteiger partial charge is 0.226 e. The lowest BCUT2D eigenvalue weighted by Crippen LogP contribution is -2.24. The van der Waals surface area contributed by atoms with Crippen LogP contribution >= 0.6 is 11.3 Å². The zero-order valence-electron chi connectivity index (χ0n) is 15.4. The van der Waals surface area contributed by atoms with Gasteiger partial charge in [0.15, 0.2) is 0 Å². The first-order valence-corrected chi connectivity index (χ1v) is 9.77. The highest BCUT2D eigenvalue weighted by atomic mass is 32.1. The molecule has 0 saturated carbocycles. The Labute approximate surface area is 167 Å². The highest BCUT2D eigenvalue weighted by Crippen LogP contribution is 2.23. The maximum Gasteiger partial charge on any atom is 0.226 e. The molecule has 0 aliphatic heterocycles. The molecule has 2 aromatic carbocycles. The summed E-state index contributed by atoms with van der Waals surface area (Å²) < 4.78 is 5.25. The predicted octanol–water partition coefficient (Wildman–Crippen LogP) is 4.23. The molecular formula is C22H19N3O2S. The van der Waals surface area contributed by atoms with Crippen molar-refractivity contribution in [2.45, 2.75) is 13.0 Å². The van der Waals surface area contributed by atoms with Crippen LogP contribution in [0.2, 0.25) is 0 Å². The number of carbonyl (C=O) groups excluding carboxylic acids is 1. The van der Waals surface area contributed by atoms with Crippen molar-refractivity contribution >= 4 is 28.0 Å². The number of nitrogens with one attached hydrogen (secondary N) is 1. The van der Waals surface area contributed by atoms with Gasteiger partial charge in [-0.05, 0) is 46.7 Å². The Kier molecular flexibility index (Phi) is 5.30. The minimum atomic E-state index is -0.0436. The molecule has 140 valence electrons. The van der Waals surface area contributed by atoms with Gasteiger partial charge in [0.25, 0.3) is 0 Å². The Morgan fingerprint density at radius 1 is 1.14 bits per heavy atom. The van der Waals surface area contributed by atoms with Gasteiger partial charge in [-0.15, -0.1) is 11.3 Å². The molecular weight excluding hydrogens is 370 g/mol. The fraction of sp³-hybridized carbons (Fsp3) is 0.136. The van der Waals surface area contributed by atoms with E-state index >= 15 is 0 Å². The van der Waals surface area contributed by atoms with Gasteiger partial charge in [0.2, 0.25) is 5.91 Å². The van der Waals surface area contributed by atoms with E-state index in [0.717, 1.165) is 38.4 Å². The first kappa shape index (κ1) is 18.1. The SMILES string of the molecule is COc1ccc2cc(CNC(=O)Cc3csc(-c4cccnc4)n3)ccc2c1. The van der Waals surface area contributed by atoms with Crippen LogP contribution in [-0.4, -0.2) is 23.0 Å². The molecule has 0 unspecified atom stereocenters. The molecule has 1 N–H and O–H groups in total. The zero-order valence-corrected chi connectivity index (χ0v) is 16.2. The summed E-state index contributed by atoms with van der Waals surface area (Å²) in [4.78, 5) is 20.9. The van der Waals surface area contributed by atoms with Crippen LogP contribution < -0.4 is 10.1 Å². The summed E-state index contributed by atoms with van der Waals surface area (Å²) in [5, 5.41) is 8.00. The van der Waals surface area contributed by atoms with Crippen molar-refractivity contribution in [1.29, 1.82) is 0 Å². The fourth-order valence-corrected chi connectivity index (χ4v) is 3.76. The van der Waals surface area contributed by atoms with E-state index in [9.17, 15) is 4.79 Å². The Morgan fingerprint density at radius 2 is 2.00 bits per heavy atom. The van der Waals surface area contributed by atoms with Gasteiger partial charge in [-0.1, -0.05) is 18.2 Å². The van der Waals surface area contributed by atoms with Gasteiger partial charge >= 0.3 is 0 Å². The number of benzene rings is 2. The first-order valence-electron chi connectivity index (χ1n) is 8.89. The molecule has 0 saturated heterocycles. The summed E-state index contributed by atoms with van der Waals surface area (Å²) in [6, 6.07) is 15.9. The number of hydrogen-bond acceptors (Lipinski definition) is 5. The lowest BCUT2D eigenvalue weighted by molar-refractivity contribution is -0.120. The van der Waals surface area contributed by atoms with Crippen LogP contribution in [0.5, 0.6) is 5.75 Å². The topological polar surface area (TPSA) is 64.1 Å². The van der Waals surface area contributed by atoms with E-state index in [-0.39, 0.29) is 12.3 Å². The Hall–Kier alpha value is -3.25. The molecule has 6 heteroatoms. The van der Waals surface area contributed by atoms with Gasteiger partial charge in [0.05, 0.1) is 19.2 Å². The Balaban J connectivity index is 1.37. The highest BCUT2D eigenvalue weighted by Gasteiger charge is 2.09. The number of amides is 1. The molecule has 0 aliphatic rings. The molecule has 0 atom stereocenters. The van der Waals surface area contributed by atoms with Crippen LogP contribution in [0.4, 0.5) is 0 Å². The number of carbonyl (C=O) groups is 1. The Morgan fingerprint density at radius 3 is 2.82 bits per heavy atom. The molecule has 0 aliphatic carbocycles. The third kappa shape index (κ3) is 4.18. The summed E-state index contributed by atoms with van der Waals surface area (Å²) in [5.74, 6) is 0.792. The van der Waals surface area contributed by atoms with Crippen molar-refractivity contribution in [1.82, 2.24) is 15.3 Å². The molecule has 4 aromatic rings. The van der Waals surface area contributed by atoms with Gasteiger partial charge in [-0.3, -0.25) is 9.78 Å². The van der Waals surface area contributed by atoms with Crippen molar-refractivity contribution in [2.75, 3.05) is 7.11 Å². The van der Waals surface area contributed by atoms with Gasteiger partial charge in [0.1, 0.15) is 10.8 Å². The van der Waals surface area contributed by atoms with E-state index in [1.807, 2.05) is 47.8 Å². The normalized spacial score (nSPS) is 10.8. The van der Waals surface area contributed by atoms with E-state index in [1.54, 1.807) is 19.5 Å². The van der Waals surface area contributed by atoms with Crippen molar-refractivity contribution < 1.29 is 9.53 Å². The number of nitrogens with zero attached hydrogens (tertiary/aromatic N) is 2. The molecule has 0 fully saturated rings. The van der Waals surface area contributed by atoms with Crippen LogP contribution in [0.1, 0.15) is 11.3 Å². The maximum absolute atomic E-state index is 12.3. The number of fused-ring (bicyclic) bond motifs is 1. The van der Waals surface area contributed by atoms with Crippen LogP contribution in [0.15, 0.2) is 66.3 Å². The summed E-state index contributed by atoms with van der Waals surface area (Å²) >= 11 is 1.52. The molecule has 5 nitrogen and oxygen atoms in total. The van der Waals surface area contributed by atoms with Gasteiger partial charge < -0.3 is 10.1 Å². The van der Waals surface area contributed by atoms with Gasteiger partial charge in [-0.25, -0.2) is 4.98 Å². The van der Waals surface area contributed by atoms with Crippen molar-refractivity contribution in [3.8, 4) is 16.3 Å². The molecule has 2 heterocycles. The minimum Gasteiger partial charge on any atom is -0.497 e. The number of methoxy groups -OCH3 is 1. The summed E-state index contributed by atoms with van der Waals surface area (Å²) in [5.41, 5.74) is 2.79. The van der Waals surface area contributed by atoms with Crippen LogP contribution in [0.25, 0.3) is 21.3 Å². The number of rotatable bonds is 6. The lowest BCUT2D eigenvalue weighted by Gasteiger charge is -2.07. The summed E-state index contributed by atoms with van der Waals surface area (Å²) in [6.07, 6.45) is 3.77. The van der Waals surface area contributed by atoms with Gasteiger partial charge in [0, 0.05) is 29.9 Å². The third-order valence-corrected chi connectivity index (χ3v) is 5.34. The molecule has 28 heavy (non-hydrogen) atoms. The van der Waals surface area contributed by atoms with E-state index in [1.165, 1.54) is 11.3 Å². The minimum absolute atomic E-state index is 0.0436. The maximum atomic E-state index is 12.3. The third-order valence-electron chi connectivity index (χ3n) is 4.40. The van der Waals surface area contributed by atoms with Crippen LogP contribution in [-0.2, 0) is 17.8 Å². The van der Waals surface area contributed by atoms with Crippen molar-refractivity contribution in [3.05, 3.63) is 77.6 Å². The average molecular weight is 389 g/mol. The second kappa shape index (κ2) is 8.19. The molecule has 1 amide bonds. The largest absolute Gasteiger partial charge is 0.497 e. The number of hydrogen-bond donors (Lipinski definition) is 1. The van der Waals surface area contributed by atoms with E-state index in [0.29, 0.717) is 6.54 Å². The number of thiazole rings is 1. The standard InChI is InChI=1S/C22H19N3O2S/c1-27-20-7-6-16-9-15(4-5-17(16)10-20)12-24-21(26)11-19-14-28-22(25-19)18-3-2-8-23-13-18/h2-10,13-14H,11-12H2,1H3,(H,24,26). The zero-order chi connectivity index (χ0) is 19.3. The average Bonchev–Trinajstić information content (AvgIpc) is 3.20. The lowest BCUT2D eigenvalue weighted by atomic mass is 10.1. The number of aromatic nitrogens is 2. The van der Waals surface area contributed by atoms with Crippen molar-refractivity contribution in [3.63, 3.8) is 0 Å². The summed E-state index contributed by atoms with van der Waals surface area (Å²) in [6.45, 7) is 0.487. The quantitative estimate of drug-likeness (QED) is 0.536. The molecule has 2 aromatic heterocycles. The van der Waals surface area contributed by atoms with E-state index in [2.05, 4.69) is 21.4 Å². The number of ether oxygens (including phenoxy) is 1. The summed E-state index contributed by atoms with van der Waals surface area (Å²) in [7, 11) is 1.66. The predicted molar refractivity (Wildman–Crippen MR) is 111 cm³/mol. The van der Waals surface area contributed by atoms with Crippen LogP contribution in [0, 0.1) is 0 Å². The van der Waals surface area contributed by atoms with Gasteiger partial charge in [-0.2, -0.15) is 0 Å². The second-order valence-corrected chi connectivity index (χ2v) is 7.24. The number of pyridine rings is 1. The van der Waals surface area contributed by atoms with Crippen molar-refractivity contribution in [2.24, 2.45) is 0 Å². The highest BCUT2D eigenvalue weighted by molar-refractivity contribution is 7.13. The fourth-order valence-electron chi connectivity index (χ4n) is 2.95. The molecule has 4 rings (SSSR count). The van der Waals surface area contributed by atoms with E-state index < -0.39 is 0 Å². The molecule has 0 bridgehead atoms. The monoisotopic (exact) mass is 389 g/mol.